The third kappa shape index (κ3) is 6.41. The van der Waals surface area contributed by atoms with Gasteiger partial charge in [0.25, 0.3) is 0 Å². The first-order valence-electron chi connectivity index (χ1n) is 12.7. The minimum absolute atomic E-state index is 0.658. The maximum absolute atomic E-state index is 12.6. The molecule has 0 aromatic heterocycles. The molecule has 1 fully saturated rings. The van der Waals surface area contributed by atoms with E-state index in [0.29, 0.717) is 22.3 Å². The maximum Gasteiger partial charge on any atom is 0.466 e. The van der Waals surface area contributed by atoms with Crippen LogP contribution in [0.5, 0.6) is 0 Å². The predicted molar refractivity (Wildman–Crippen MR) is 150 cm³/mol. The summed E-state index contributed by atoms with van der Waals surface area (Å²) < 4.78 is 21.9. The molecule has 5 N–H and O–H groups in total. The zero-order chi connectivity index (χ0) is 29.0. The molecule has 0 amide bonds. The van der Waals surface area contributed by atoms with Gasteiger partial charge in [0.05, 0.1) is 0 Å². The van der Waals surface area contributed by atoms with Gasteiger partial charge < -0.3 is 34.4 Å². The van der Waals surface area contributed by atoms with E-state index in [0.717, 1.165) is 0 Å². The second kappa shape index (κ2) is 11.7. The molecule has 1 heterocycles. The highest BCUT2D eigenvalue weighted by atomic mass is 31.2. The van der Waals surface area contributed by atoms with Crippen molar-refractivity contribution in [2.75, 3.05) is 0 Å². The van der Waals surface area contributed by atoms with Crippen molar-refractivity contribution in [3.8, 4) is 0 Å². The summed E-state index contributed by atoms with van der Waals surface area (Å²) in [5.41, 5.74) is -0.564. The van der Waals surface area contributed by atoms with Gasteiger partial charge in [-0.1, -0.05) is 121 Å². The van der Waals surface area contributed by atoms with Gasteiger partial charge >= 0.3 is 7.82 Å². The topological polar surface area (TPSA) is 137 Å². The van der Waals surface area contributed by atoms with E-state index in [-0.39, 0.29) is 0 Å². The number of rotatable bonds is 6. The summed E-state index contributed by atoms with van der Waals surface area (Å²) in [6, 6.07) is 37.8. The Morgan fingerprint density at radius 3 is 0.950 bits per heavy atom. The van der Waals surface area contributed by atoms with Crippen molar-refractivity contribution in [2.45, 2.75) is 43.0 Å². The molecule has 8 nitrogen and oxygen atoms in total. The number of benzene rings is 4. The molecule has 4 aromatic rings. The van der Waals surface area contributed by atoms with Crippen molar-refractivity contribution in [3.05, 3.63) is 144 Å². The molecular weight excluding hydrogens is 531 g/mol. The van der Waals surface area contributed by atoms with Crippen LogP contribution in [-0.2, 0) is 25.2 Å². The summed E-state index contributed by atoms with van der Waals surface area (Å²) in [7, 11) is -4.64. The summed E-state index contributed by atoms with van der Waals surface area (Å²) >= 11 is 0. The second-order valence-corrected chi connectivity index (χ2v) is 11.0. The Labute approximate surface area is 233 Å². The molecule has 40 heavy (non-hydrogen) atoms. The lowest BCUT2D eigenvalue weighted by Gasteiger charge is -2.42. The fourth-order valence-electron chi connectivity index (χ4n) is 5.13. The van der Waals surface area contributed by atoms with E-state index in [2.05, 4.69) is 0 Å². The minimum Gasteiger partial charge on any atom is -0.378 e. The normalized spacial score (nSPS) is 19.0. The standard InChI is InChI=1S/C31H30O4.H3O4P/c1-29(2)34-27(30(32,23-15-7-3-8-16-23)24-17-9-4-10-18-24)28(35-29)31(33,25-19-11-5-12-20-25)26-21-13-6-14-22-26;1-5(2,3)4/h3-22,27-28,32-33H,1-2H3;(H3,1,2,3,4)/t27-,28-;/m1./s1. The Morgan fingerprint density at radius 2 is 0.750 bits per heavy atom. The summed E-state index contributed by atoms with van der Waals surface area (Å²) in [4.78, 5) is 21.6. The summed E-state index contributed by atoms with van der Waals surface area (Å²) in [5, 5.41) is 25.2. The molecule has 0 radical (unpaired) electrons. The van der Waals surface area contributed by atoms with E-state index in [4.69, 9.17) is 28.7 Å². The van der Waals surface area contributed by atoms with E-state index in [1.807, 2.05) is 135 Å². The number of phosphoric acid groups is 1. The summed E-state index contributed by atoms with van der Waals surface area (Å²) in [5.74, 6) is -1.05. The molecule has 1 saturated heterocycles. The van der Waals surface area contributed by atoms with Crippen LogP contribution in [0.25, 0.3) is 0 Å². The van der Waals surface area contributed by atoms with Gasteiger partial charge in [0, 0.05) is 0 Å². The Bertz CT molecular complexity index is 1220. The SMILES string of the molecule is CC1(C)O[C@@H](C(O)(c2ccccc2)c2ccccc2)[C@H](C(O)(c2ccccc2)c2ccccc2)O1.O=P(O)(O)O. The van der Waals surface area contributed by atoms with E-state index in [1.165, 1.54) is 0 Å². The molecule has 1 aliphatic rings. The largest absolute Gasteiger partial charge is 0.466 e. The molecule has 0 aliphatic carbocycles. The van der Waals surface area contributed by atoms with Crippen LogP contribution < -0.4 is 0 Å². The van der Waals surface area contributed by atoms with Crippen LogP contribution in [0.15, 0.2) is 121 Å². The van der Waals surface area contributed by atoms with Crippen LogP contribution in [0.2, 0.25) is 0 Å². The maximum atomic E-state index is 12.6. The van der Waals surface area contributed by atoms with Crippen LogP contribution in [0.4, 0.5) is 0 Å². The van der Waals surface area contributed by atoms with Gasteiger partial charge in [-0.3, -0.25) is 0 Å². The quantitative estimate of drug-likeness (QED) is 0.217. The molecule has 0 bridgehead atoms. The third-order valence-corrected chi connectivity index (χ3v) is 6.78. The van der Waals surface area contributed by atoms with Crippen molar-refractivity contribution in [1.29, 1.82) is 0 Å². The van der Waals surface area contributed by atoms with E-state index in [1.54, 1.807) is 0 Å². The second-order valence-electron chi connectivity index (χ2n) is 9.99. The highest BCUT2D eigenvalue weighted by Gasteiger charge is 2.61. The Balaban J connectivity index is 0.000000681. The molecule has 0 spiro atoms. The van der Waals surface area contributed by atoms with Crippen LogP contribution in [-0.4, -0.2) is 42.9 Å². The molecule has 1 aliphatic heterocycles. The van der Waals surface area contributed by atoms with Crippen LogP contribution in [0, 0.1) is 0 Å². The predicted octanol–water partition coefficient (Wildman–Crippen LogP) is 4.45. The first-order chi connectivity index (χ1) is 18.9. The lowest BCUT2D eigenvalue weighted by molar-refractivity contribution is -0.172. The van der Waals surface area contributed by atoms with Crippen LogP contribution in [0.1, 0.15) is 36.1 Å². The number of hydrogen-bond acceptors (Lipinski definition) is 5. The zero-order valence-corrected chi connectivity index (χ0v) is 23.0. The van der Waals surface area contributed by atoms with Crippen molar-refractivity contribution in [3.63, 3.8) is 0 Å². The molecule has 4 aromatic carbocycles. The fraction of sp³-hybridized carbons (Fsp3) is 0.226. The van der Waals surface area contributed by atoms with Gasteiger partial charge in [-0.05, 0) is 36.1 Å². The van der Waals surface area contributed by atoms with E-state index >= 15 is 0 Å². The zero-order valence-electron chi connectivity index (χ0n) is 22.1. The van der Waals surface area contributed by atoms with Gasteiger partial charge in [-0.25, -0.2) is 4.57 Å². The lowest BCUT2D eigenvalue weighted by atomic mass is 9.72. The van der Waals surface area contributed by atoms with E-state index in [9.17, 15) is 10.2 Å². The minimum atomic E-state index is -4.64. The van der Waals surface area contributed by atoms with Gasteiger partial charge in [-0.2, -0.15) is 0 Å². The summed E-state index contributed by atoms with van der Waals surface area (Å²) in [6.07, 6.45) is -1.87. The van der Waals surface area contributed by atoms with Gasteiger partial charge in [0.1, 0.15) is 23.4 Å². The molecule has 2 atom stereocenters. The Kier molecular flexibility index (Phi) is 8.75. The average Bonchev–Trinajstić information content (AvgIpc) is 3.29. The Morgan fingerprint density at radius 1 is 0.550 bits per heavy atom. The van der Waals surface area contributed by atoms with Gasteiger partial charge in [0.2, 0.25) is 0 Å². The smallest absolute Gasteiger partial charge is 0.378 e. The van der Waals surface area contributed by atoms with Crippen LogP contribution in [0.3, 0.4) is 0 Å². The van der Waals surface area contributed by atoms with E-state index < -0.39 is 37.0 Å². The number of hydrogen-bond donors (Lipinski definition) is 5. The van der Waals surface area contributed by atoms with Crippen molar-refractivity contribution >= 4 is 7.82 Å². The molecule has 210 valence electrons. The molecule has 9 heteroatoms. The molecule has 0 saturated carbocycles. The lowest BCUT2D eigenvalue weighted by Crippen LogP contribution is -2.54. The fourth-order valence-corrected chi connectivity index (χ4v) is 5.13. The molecular formula is C31H33O8P. The van der Waals surface area contributed by atoms with Crippen LogP contribution >= 0.6 is 7.82 Å². The van der Waals surface area contributed by atoms with Gasteiger partial charge in [-0.15, -0.1) is 0 Å². The number of aliphatic hydroxyl groups is 2. The first-order valence-corrected chi connectivity index (χ1v) is 14.2. The third-order valence-electron chi connectivity index (χ3n) is 6.78. The average molecular weight is 565 g/mol. The monoisotopic (exact) mass is 564 g/mol. The summed E-state index contributed by atoms with van der Waals surface area (Å²) in [6.45, 7) is 3.62. The van der Waals surface area contributed by atoms with Crippen molar-refractivity contribution in [1.82, 2.24) is 0 Å². The molecule has 5 rings (SSSR count). The molecule has 0 unspecified atom stereocenters. The number of ether oxygens (including phenoxy) is 2. The highest BCUT2D eigenvalue weighted by Crippen LogP contribution is 2.50. The van der Waals surface area contributed by atoms with Crippen molar-refractivity contribution in [2.24, 2.45) is 0 Å². The van der Waals surface area contributed by atoms with Crippen molar-refractivity contribution < 1.29 is 38.9 Å². The highest BCUT2D eigenvalue weighted by molar-refractivity contribution is 7.45. The Hall–Kier alpha value is -3.17. The first kappa shape index (κ1) is 29.8. The van der Waals surface area contributed by atoms with Gasteiger partial charge in [0.15, 0.2) is 5.79 Å².